The van der Waals surface area contributed by atoms with Gasteiger partial charge in [0.15, 0.2) is 21.1 Å². The number of rotatable bonds is 6. The third kappa shape index (κ3) is 7.63. The predicted octanol–water partition coefficient (Wildman–Crippen LogP) is 5.01. The van der Waals surface area contributed by atoms with Gasteiger partial charge in [0.25, 0.3) is 5.91 Å². The molecule has 1 atom stereocenters. The Labute approximate surface area is 198 Å². The number of amides is 1. The Bertz CT molecular complexity index is 1200. The number of isothiocyanates is 1. The van der Waals surface area contributed by atoms with E-state index in [4.69, 9.17) is 6.57 Å². The van der Waals surface area contributed by atoms with Gasteiger partial charge in [0.05, 0.1) is 33.6 Å². The van der Waals surface area contributed by atoms with Crippen LogP contribution in [0.1, 0.15) is 12.5 Å². The number of hydrogen-bond donors (Lipinski definition) is 2. The van der Waals surface area contributed by atoms with E-state index in [-0.39, 0.29) is 10.6 Å². The highest BCUT2D eigenvalue weighted by Gasteiger charge is 2.38. The zero-order valence-electron chi connectivity index (χ0n) is 17.1. The van der Waals surface area contributed by atoms with Crippen molar-refractivity contribution in [3.05, 3.63) is 59.4 Å². The van der Waals surface area contributed by atoms with Crippen LogP contribution in [0.5, 0.6) is 0 Å². The average molecular weight is 520 g/mol. The van der Waals surface area contributed by atoms with Crippen LogP contribution < -0.4 is 5.32 Å². The number of carbonyl (C=O) groups is 1. The van der Waals surface area contributed by atoms with E-state index in [0.717, 1.165) is 19.1 Å². The molecule has 2 aromatic rings. The second-order valence-corrected chi connectivity index (χ2v) is 8.70. The molecule has 0 aromatic heterocycles. The number of carbonyl (C=O) groups excluding carboxylic acids is 1. The predicted molar refractivity (Wildman–Crippen MR) is 122 cm³/mol. The van der Waals surface area contributed by atoms with Gasteiger partial charge in [-0.25, -0.2) is 13.3 Å². The van der Waals surface area contributed by atoms with Crippen molar-refractivity contribution < 1.29 is 31.5 Å². The van der Waals surface area contributed by atoms with Crippen LogP contribution in [0.25, 0.3) is 4.85 Å². The average Bonchev–Trinajstić information content (AvgIpc) is 2.74. The van der Waals surface area contributed by atoms with E-state index in [9.17, 15) is 31.5 Å². The Kier molecular flexibility index (Phi) is 9.71. The van der Waals surface area contributed by atoms with Crippen LogP contribution in [-0.4, -0.2) is 42.3 Å². The summed E-state index contributed by atoms with van der Waals surface area (Å²) in [5.41, 5.74) is -4.42. The fraction of sp³-hybridized carbons (Fsp3) is 0.250. The Balaban J connectivity index is 0.00000265. The summed E-state index contributed by atoms with van der Waals surface area (Å²) in [5, 5.41) is 14.6. The van der Waals surface area contributed by atoms with Crippen molar-refractivity contribution in [3.8, 4) is 0 Å². The molecule has 2 aromatic carbocycles. The van der Waals surface area contributed by atoms with Gasteiger partial charge in [-0.15, -0.1) is 11.6 Å². The van der Waals surface area contributed by atoms with Gasteiger partial charge in [0.2, 0.25) is 0 Å². The van der Waals surface area contributed by atoms with Gasteiger partial charge < -0.3 is 10.4 Å². The van der Waals surface area contributed by atoms with E-state index in [0.29, 0.717) is 11.8 Å². The molecule has 7 nitrogen and oxygen atoms in total. The first-order valence-electron chi connectivity index (χ1n) is 8.71. The molecule has 0 saturated heterocycles. The number of anilines is 1. The van der Waals surface area contributed by atoms with E-state index in [1.165, 1.54) is 30.6 Å². The molecule has 0 bridgehead atoms. The third-order valence-corrected chi connectivity index (χ3v) is 6.03. The molecule has 2 N–H and O–H groups in total. The molecule has 0 spiro atoms. The minimum absolute atomic E-state index is 0.204. The van der Waals surface area contributed by atoms with E-state index < -0.39 is 44.5 Å². The van der Waals surface area contributed by atoms with E-state index in [2.05, 4.69) is 44.1 Å². The van der Waals surface area contributed by atoms with Crippen LogP contribution >= 0.6 is 23.8 Å². The standard InChI is InChI=1S/C19H14F3N3O4S2.CH3Cl/c1-18(27,10-31(28,29)14-6-3-12(4-7-14)24-11-30)17(26)25-13-5-8-16(23-2)15(9-13)19(20,21)22;1-2/h3-9,27H,10H2,1H3,(H,25,26);1H3/t18-;/m1./s1. The zero-order valence-corrected chi connectivity index (χ0v) is 19.5. The summed E-state index contributed by atoms with van der Waals surface area (Å²) in [5.74, 6) is -2.27. The number of sulfone groups is 1. The number of hydrogen-bond acceptors (Lipinski definition) is 6. The Hall–Kier alpha value is -2.81. The maximum absolute atomic E-state index is 13.1. The lowest BCUT2D eigenvalue weighted by molar-refractivity contribution is -0.137. The fourth-order valence-corrected chi connectivity index (χ4v) is 4.20. The van der Waals surface area contributed by atoms with Gasteiger partial charge >= 0.3 is 6.18 Å². The zero-order chi connectivity index (χ0) is 25.4. The summed E-state index contributed by atoms with van der Waals surface area (Å²) in [4.78, 5) is 18.6. The molecule has 0 unspecified atom stereocenters. The molecule has 0 fully saturated rings. The number of thiocarbonyl (C=S) groups is 1. The van der Waals surface area contributed by atoms with Crippen LogP contribution in [0.3, 0.4) is 0 Å². The quantitative estimate of drug-likeness (QED) is 0.242. The Morgan fingerprint density at radius 2 is 1.82 bits per heavy atom. The lowest BCUT2D eigenvalue weighted by atomic mass is 10.1. The number of aliphatic imine (C=N–C) groups is 1. The van der Waals surface area contributed by atoms with Gasteiger partial charge in [-0.05, 0) is 55.5 Å². The first kappa shape index (κ1) is 28.2. The second-order valence-electron chi connectivity index (χ2n) is 6.53. The minimum Gasteiger partial charge on any atom is -0.379 e. The number of nitrogens with one attached hydrogen (secondary N) is 1. The van der Waals surface area contributed by atoms with Crippen molar-refractivity contribution in [1.29, 1.82) is 0 Å². The highest BCUT2D eigenvalue weighted by molar-refractivity contribution is 7.91. The number of halogens is 4. The smallest absolute Gasteiger partial charge is 0.379 e. The summed E-state index contributed by atoms with van der Waals surface area (Å²) in [6.07, 6.45) is -3.37. The maximum atomic E-state index is 13.1. The van der Waals surface area contributed by atoms with Gasteiger partial charge in [-0.2, -0.15) is 18.2 Å². The number of benzene rings is 2. The molecule has 176 valence electrons. The van der Waals surface area contributed by atoms with Crippen molar-refractivity contribution in [2.75, 3.05) is 17.5 Å². The highest BCUT2D eigenvalue weighted by Crippen LogP contribution is 2.38. The van der Waals surface area contributed by atoms with E-state index >= 15 is 0 Å². The molecule has 1 amide bonds. The van der Waals surface area contributed by atoms with Crippen LogP contribution in [0.4, 0.5) is 30.2 Å². The first-order valence-corrected chi connectivity index (χ1v) is 11.5. The lowest BCUT2D eigenvalue weighted by Crippen LogP contribution is -2.45. The molecule has 0 heterocycles. The van der Waals surface area contributed by atoms with Gasteiger partial charge in [-0.3, -0.25) is 4.79 Å². The van der Waals surface area contributed by atoms with E-state index in [1.807, 2.05) is 0 Å². The molecule has 0 radical (unpaired) electrons. The van der Waals surface area contributed by atoms with Gasteiger partial charge in [0, 0.05) is 12.1 Å². The normalized spacial score (nSPS) is 12.8. The monoisotopic (exact) mass is 519 g/mol. The summed E-state index contributed by atoms with van der Waals surface area (Å²) < 4.78 is 64.3. The van der Waals surface area contributed by atoms with Gasteiger partial charge in [0.1, 0.15) is 0 Å². The summed E-state index contributed by atoms with van der Waals surface area (Å²) in [6, 6.07) is 7.53. The first-order chi connectivity index (χ1) is 15.3. The minimum atomic E-state index is -4.84. The SMILES string of the molecule is CCl.[C-]#[N+]c1ccc(NC(=O)[C@](C)(O)CS(=O)(=O)c2ccc(N=C=S)cc2)cc1C(F)(F)F. The Morgan fingerprint density at radius 1 is 1.24 bits per heavy atom. The van der Waals surface area contributed by atoms with Crippen molar-refractivity contribution >= 4 is 61.8 Å². The highest BCUT2D eigenvalue weighted by atomic mass is 35.5. The van der Waals surface area contributed by atoms with Crippen molar-refractivity contribution in [3.63, 3.8) is 0 Å². The number of aliphatic hydroxyl groups is 1. The van der Waals surface area contributed by atoms with Crippen molar-refractivity contribution in [2.24, 2.45) is 4.99 Å². The Morgan fingerprint density at radius 3 is 2.30 bits per heavy atom. The summed E-state index contributed by atoms with van der Waals surface area (Å²) in [7, 11) is -4.15. The largest absolute Gasteiger partial charge is 0.407 e. The molecule has 13 heteroatoms. The van der Waals surface area contributed by atoms with E-state index in [1.54, 1.807) is 0 Å². The molecular weight excluding hydrogens is 503 g/mol. The van der Waals surface area contributed by atoms with Crippen LogP contribution in [0.2, 0.25) is 0 Å². The number of nitrogens with zero attached hydrogens (tertiary/aromatic N) is 2. The summed E-state index contributed by atoms with van der Waals surface area (Å²) >= 11 is 9.09. The number of alkyl halides is 4. The molecule has 0 saturated carbocycles. The van der Waals surface area contributed by atoms with Crippen LogP contribution in [0, 0.1) is 6.57 Å². The van der Waals surface area contributed by atoms with Crippen molar-refractivity contribution in [1.82, 2.24) is 0 Å². The third-order valence-electron chi connectivity index (χ3n) is 4.01. The maximum Gasteiger partial charge on any atom is 0.407 e. The van der Waals surface area contributed by atoms with Crippen molar-refractivity contribution in [2.45, 2.75) is 23.6 Å². The molecule has 0 aliphatic rings. The lowest BCUT2D eigenvalue weighted by Gasteiger charge is -2.22. The molecule has 0 aliphatic heterocycles. The topological polar surface area (TPSA) is 100 Å². The van der Waals surface area contributed by atoms with Gasteiger partial charge in [-0.1, -0.05) is 6.07 Å². The molecule has 0 aliphatic carbocycles. The molecule has 33 heavy (non-hydrogen) atoms. The second kappa shape index (κ2) is 11.4. The van der Waals surface area contributed by atoms with Crippen LogP contribution in [-0.2, 0) is 20.8 Å². The molecule has 2 rings (SSSR count). The molecular formula is C20H17ClF3N3O4S2. The van der Waals surface area contributed by atoms with Crippen LogP contribution in [0.15, 0.2) is 52.4 Å². The summed E-state index contributed by atoms with van der Waals surface area (Å²) in [6.45, 7) is 7.73. The fourth-order valence-electron chi connectivity index (χ4n) is 2.50.